The van der Waals surface area contributed by atoms with Crippen LogP contribution in [0.2, 0.25) is 0 Å². The van der Waals surface area contributed by atoms with Crippen molar-refractivity contribution in [3.05, 3.63) is 63.7 Å². The van der Waals surface area contributed by atoms with Gasteiger partial charge in [-0.05, 0) is 43.7 Å². The highest BCUT2D eigenvalue weighted by molar-refractivity contribution is 6.09. The monoisotopic (exact) mass is 324 g/mol. The zero-order valence-electron chi connectivity index (χ0n) is 13.4. The van der Waals surface area contributed by atoms with E-state index < -0.39 is 11.4 Å². The minimum atomic E-state index is -0.490. The Kier molecular flexibility index (Phi) is 3.81. The Hall–Kier alpha value is -3.15. The van der Waals surface area contributed by atoms with E-state index in [0.717, 1.165) is 5.56 Å². The molecule has 2 aromatic carbocycles. The van der Waals surface area contributed by atoms with Crippen molar-refractivity contribution < 1.29 is 4.39 Å². The van der Waals surface area contributed by atoms with E-state index in [9.17, 15) is 9.18 Å². The Labute approximate surface area is 137 Å². The Balaban J connectivity index is 2.25. The number of benzene rings is 2. The number of aryl methyl sites for hydroxylation is 1. The Bertz CT molecular complexity index is 1040. The Morgan fingerprint density at radius 3 is 2.71 bits per heavy atom. The molecule has 0 aliphatic carbocycles. The number of hydrogen-bond acceptors (Lipinski definition) is 4. The molecule has 0 aliphatic rings. The lowest BCUT2D eigenvalue weighted by molar-refractivity contribution is 0.640. The molecule has 0 spiro atoms. The average molecular weight is 324 g/mol. The molecule has 3 aromatic rings. The van der Waals surface area contributed by atoms with Crippen LogP contribution in [0.25, 0.3) is 10.9 Å². The molecule has 122 valence electrons. The van der Waals surface area contributed by atoms with Crippen molar-refractivity contribution in [3.8, 4) is 0 Å². The molecule has 0 saturated heterocycles. The summed E-state index contributed by atoms with van der Waals surface area (Å²) in [5, 5.41) is 0.186. The summed E-state index contributed by atoms with van der Waals surface area (Å²) >= 11 is 0. The summed E-state index contributed by atoms with van der Waals surface area (Å²) in [6.07, 6.45) is 0. The smallest absolute Gasteiger partial charge is 0.259 e. The second-order valence-electron chi connectivity index (χ2n) is 5.65. The van der Waals surface area contributed by atoms with Crippen LogP contribution < -0.4 is 17.0 Å². The molecule has 0 bridgehead atoms. The number of fused-ring (bicyclic) bond motifs is 1. The van der Waals surface area contributed by atoms with Crippen molar-refractivity contribution in [1.82, 2.24) is 4.98 Å². The number of nitrogens with one attached hydrogen (secondary N) is 1. The van der Waals surface area contributed by atoms with Crippen LogP contribution in [0.4, 0.5) is 21.5 Å². The van der Waals surface area contributed by atoms with E-state index in [4.69, 9.17) is 11.5 Å². The molecule has 3 rings (SSSR count). The molecule has 6 heteroatoms. The number of aliphatic imine (C=N–C) groups is 1. The maximum atomic E-state index is 14.1. The predicted octanol–water partition coefficient (Wildman–Crippen LogP) is 3.28. The van der Waals surface area contributed by atoms with Crippen molar-refractivity contribution in [2.45, 2.75) is 13.8 Å². The zero-order valence-corrected chi connectivity index (χ0v) is 13.4. The molecule has 0 saturated carbocycles. The maximum Gasteiger partial charge on any atom is 0.259 e. The molecule has 5 nitrogen and oxygen atoms in total. The van der Waals surface area contributed by atoms with E-state index in [1.165, 1.54) is 12.1 Å². The number of nitrogens with two attached hydrogens (primary N) is 2. The van der Waals surface area contributed by atoms with Gasteiger partial charge in [0.1, 0.15) is 5.82 Å². The van der Waals surface area contributed by atoms with Gasteiger partial charge in [0.2, 0.25) is 0 Å². The van der Waals surface area contributed by atoms with Crippen molar-refractivity contribution in [1.29, 1.82) is 0 Å². The number of hydrogen-bond donors (Lipinski definition) is 3. The Morgan fingerprint density at radius 1 is 1.21 bits per heavy atom. The van der Waals surface area contributed by atoms with Gasteiger partial charge in [-0.15, -0.1) is 0 Å². The Morgan fingerprint density at radius 2 is 1.96 bits per heavy atom. The number of aromatic nitrogens is 1. The summed E-state index contributed by atoms with van der Waals surface area (Å²) in [4.78, 5) is 19.5. The number of nitrogens with zero attached hydrogens (tertiary/aromatic N) is 1. The number of aromatic amines is 1. The molecule has 0 unspecified atom stereocenters. The number of rotatable bonds is 2. The van der Waals surface area contributed by atoms with Crippen LogP contribution >= 0.6 is 0 Å². The lowest BCUT2D eigenvalue weighted by atomic mass is 10.1. The van der Waals surface area contributed by atoms with E-state index in [-0.39, 0.29) is 16.6 Å². The van der Waals surface area contributed by atoms with Crippen LogP contribution in [0.1, 0.15) is 18.1 Å². The van der Waals surface area contributed by atoms with E-state index in [1.807, 2.05) is 13.0 Å². The number of halogens is 1. The average Bonchev–Trinajstić information content (AvgIpc) is 2.50. The van der Waals surface area contributed by atoms with Gasteiger partial charge in [-0.2, -0.15) is 0 Å². The number of H-pyrrole nitrogens is 1. The molecule has 5 N–H and O–H groups in total. The summed E-state index contributed by atoms with van der Waals surface area (Å²) in [6, 6.07) is 9.75. The van der Waals surface area contributed by atoms with Gasteiger partial charge in [-0.25, -0.2) is 4.39 Å². The van der Waals surface area contributed by atoms with E-state index in [2.05, 4.69) is 9.98 Å². The summed E-state index contributed by atoms with van der Waals surface area (Å²) in [5.74, 6) is -0.490. The molecule has 0 fully saturated rings. The third-order valence-electron chi connectivity index (χ3n) is 3.91. The van der Waals surface area contributed by atoms with Crippen LogP contribution in [-0.2, 0) is 0 Å². The van der Waals surface area contributed by atoms with Gasteiger partial charge in [0.05, 0.1) is 33.6 Å². The minimum absolute atomic E-state index is 0.0784. The number of nitrogen functional groups attached to an aromatic ring is 2. The lowest BCUT2D eigenvalue weighted by Gasteiger charge is -2.10. The van der Waals surface area contributed by atoms with Crippen LogP contribution in [0.3, 0.4) is 0 Å². The summed E-state index contributed by atoms with van der Waals surface area (Å²) < 4.78 is 14.1. The molecule has 1 aromatic heterocycles. The van der Waals surface area contributed by atoms with Crippen molar-refractivity contribution in [2.24, 2.45) is 4.99 Å². The van der Waals surface area contributed by atoms with E-state index in [1.54, 1.807) is 25.1 Å². The van der Waals surface area contributed by atoms with Crippen LogP contribution in [-0.4, -0.2) is 10.7 Å². The second kappa shape index (κ2) is 5.81. The van der Waals surface area contributed by atoms with E-state index >= 15 is 0 Å². The minimum Gasteiger partial charge on any atom is -0.399 e. The highest BCUT2D eigenvalue weighted by Crippen LogP contribution is 2.26. The quantitative estimate of drug-likeness (QED) is 0.498. The van der Waals surface area contributed by atoms with Crippen LogP contribution in [0.15, 0.2) is 46.2 Å². The normalized spacial score (nSPS) is 11.9. The van der Waals surface area contributed by atoms with Crippen LogP contribution in [0.5, 0.6) is 0 Å². The van der Waals surface area contributed by atoms with Gasteiger partial charge in [0, 0.05) is 5.69 Å². The molecule has 24 heavy (non-hydrogen) atoms. The fourth-order valence-corrected chi connectivity index (χ4v) is 2.68. The third kappa shape index (κ3) is 2.62. The summed E-state index contributed by atoms with van der Waals surface area (Å²) in [5.41, 5.74) is 14.6. The van der Waals surface area contributed by atoms with Gasteiger partial charge in [0.15, 0.2) is 0 Å². The van der Waals surface area contributed by atoms with Gasteiger partial charge in [-0.1, -0.05) is 12.1 Å². The van der Waals surface area contributed by atoms with Gasteiger partial charge < -0.3 is 16.5 Å². The second-order valence-corrected chi connectivity index (χ2v) is 5.65. The SMILES string of the molecule is CC(=Nc1cc(N)ccc1C)c1c(N)c2c(F)cccc2[nH]c1=O. The topological polar surface area (TPSA) is 97.3 Å². The molecule has 0 radical (unpaired) electrons. The largest absolute Gasteiger partial charge is 0.399 e. The first-order chi connectivity index (χ1) is 11.4. The first kappa shape index (κ1) is 15.7. The predicted molar refractivity (Wildman–Crippen MR) is 96.4 cm³/mol. The first-order valence-corrected chi connectivity index (χ1v) is 7.40. The highest BCUT2D eigenvalue weighted by atomic mass is 19.1. The van der Waals surface area contributed by atoms with Gasteiger partial charge >= 0.3 is 0 Å². The first-order valence-electron chi connectivity index (χ1n) is 7.40. The fourth-order valence-electron chi connectivity index (χ4n) is 2.68. The third-order valence-corrected chi connectivity index (χ3v) is 3.91. The molecule has 1 heterocycles. The highest BCUT2D eigenvalue weighted by Gasteiger charge is 2.15. The standard InChI is InChI=1S/C18H17FN4O/c1-9-6-7-11(20)8-14(9)22-10(2)15-17(21)16-12(19)4-3-5-13(16)23-18(15)24/h3-8H,20H2,1-2H3,(H3,21,23,24). The van der Waals surface area contributed by atoms with Crippen LogP contribution in [0, 0.1) is 12.7 Å². The molecular formula is C18H17FN4O. The lowest BCUT2D eigenvalue weighted by Crippen LogP contribution is -2.20. The zero-order chi connectivity index (χ0) is 17.4. The van der Waals surface area contributed by atoms with Gasteiger partial charge in [0.25, 0.3) is 5.56 Å². The fraction of sp³-hybridized carbons (Fsp3) is 0.111. The summed E-state index contributed by atoms with van der Waals surface area (Å²) in [7, 11) is 0. The molecule has 0 amide bonds. The number of anilines is 2. The molecular weight excluding hydrogens is 307 g/mol. The molecule has 0 atom stereocenters. The maximum absolute atomic E-state index is 14.1. The number of pyridine rings is 1. The van der Waals surface area contributed by atoms with Crippen molar-refractivity contribution in [2.75, 3.05) is 11.5 Å². The molecule has 0 aliphatic heterocycles. The van der Waals surface area contributed by atoms with Crippen molar-refractivity contribution in [3.63, 3.8) is 0 Å². The van der Waals surface area contributed by atoms with E-state index in [0.29, 0.717) is 22.6 Å². The van der Waals surface area contributed by atoms with Gasteiger partial charge in [-0.3, -0.25) is 9.79 Å². The summed E-state index contributed by atoms with van der Waals surface area (Å²) in [6.45, 7) is 3.55. The van der Waals surface area contributed by atoms with Crippen molar-refractivity contribution >= 4 is 33.7 Å².